The number of methoxy groups -OCH3 is 2. The highest BCUT2D eigenvalue weighted by Gasteiger charge is 2.34. The largest absolute Gasteiger partial charge is 0.508 e. The lowest BCUT2D eigenvalue weighted by Gasteiger charge is -2.23. The summed E-state index contributed by atoms with van der Waals surface area (Å²) in [4.78, 5) is 43.7. The van der Waals surface area contributed by atoms with Crippen molar-refractivity contribution in [3.05, 3.63) is 107 Å². The first-order valence-corrected chi connectivity index (χ1v) is 18.5. The summed E-state index contributed by atoms with van der Waals surface area (Å²) in [6.07, 6.45) is 10.8. The molecule has 2 unspecified atom stereocenters. The van der Waals surface area contributed by atoms with Gasteiger partial charge in [0.2, 0.25) is 0 Å². The van der Waals surface area contributed by atoms with Crippen molar-refractivity contribution in [1.29, 1.82) is 0 Å². The standard InChI is InChI=1S/C43H41N5O8/c1-52-38-18-34-36(45-22-31-16-28(24-47(31)42(34)50)27-8-12-33(49)13-9-27)20-40(38)54-14-4-3-5-15-55-41-21-37-35(19-39(41)53-2)43(51)56-48-25-29(17-32(48)23-46-37)26-6-10-30(44)11-7-26/h6-13,18-25,31-32,49H,3-5,14-17,44H2,1-2H3. The molecule has 56 heavy (non-hydrogen) atoms. The summed E-state index contributed by atoms with van der Waals surface area (Å²) in [6.45, 7) is 0.834. The SMILES string of the molecule is COc1cc2c(cc1OCCCCCOc1cc3c(cc1OC)C(=O)N1C=C(c4ccc(O)cc4)CC1C=N3)N=CC1CC(c3ccc(N)cc3)=CN1OC2=O. The molecule has 13 heteroatoms. The van der Waals surface area contributed by atoms with Gasteiger partial charge in [0, 0.05) is 61.6 Å². The number of benzene rings is 4. The Morgan fingerprint density at radius 3 is 1.91 bits per heavy atom. The summed E-state index contributed by atoms with van der Waals surface area (Å²) in [5.41, 5.74) is 12.2. The van der Waals surface area contributed by atoms with Crippen LogP contribution in [0.3, 0.4) is 0 Å². The van der Waals surface area contributed by atoms with Gasteiger partial charge < -0.3 is 39.5 Å². The summed E-state index contributed by atoms with van der Waals surface area (Å²) in [6, 6.07) is 20.8. The normalized spacial score (nSPS) is 18.0. The third kappa shape index (κ3) is 7.35. The van der Waals surface area contributed by atoms with Crippen molar-refractivity contribution in [3.8, 4) is 28.7 Å². The lowest BCUT2D eigenvalue weighted by molar-refractivity contribution is -0.0781. The fraction of sp³-hybridized carbons (Fsp3) is 0.256. The molecule has 0 saturated carbocycles. The molecule has 2 atom stereocenters. The number of hydrogen-bond donors (Lipinski definition) is 2. The first kappa shape index (κ1) is 36.2. The Morgan fingerprint density at radius 1 is 0.714 bits per heavy atom. The number of nitrogen functional groups attached to an aromatic ring is 1. The number of carbonyl (C=O) groups excluding carboxylic acids is 2. The monoisotopic (exact) mass is 755 g/mol. The predicted molar refractivity (Wildman–Crippen MR) is 212 cm³/mol. The molecule has 4 heterocycles. The number of anilines is 1. The van der Waals surface area contributed by atoms with E-state index in [0.717, 1.165) is 41.5 Å². The molecule has 0 saturated heterocycles. The summed E-state index contributed by atoms with van der Waals surface area (Å²) in [7, 11) is 3.07. The van der Waals surface area contributed by atoms with Gasteiger partial charge in [0.15, 0.2) is 23.0 Å². The molecule has 0 fully saturated rings. The Morgan fingerprint density at radius 2 is 1.27 bits per heavy atom. The summed E-state index contributed by atoms with van der Waals surface area (Å²) in [5, 5.41) is 11.2. The Bertz CT molecular complexity index is 2280. The molecule has 13 nitrogen and oxygen atoms in total. The fourth-order valence-corrected chi connectivity index (χ4v) is 7.11. The number of phenolic OH excluding ortho intramolecular Hbond substituents is 1. The van der Waals surface area contributed by atoms with Crippen molar-refractivity contribution in [2.45, 2.75) is 44.2 Å². The van der Waals surface area contributed by atoms with Crippen LogP contribution < -0.4 is 24.7 Å². The van der Waals surface area contributed by atoms with E-state index in [1.165, 1.54) is 12.2 Å². The van der Waals surface area contributed by atoms with Crippen LogP contribution >= 0.6 is 0 Å². The number of carbonyl (C=O) groups is 2. The molecule has 0 aromatic heterocycles. The number of rotatable bonds is 12. The summed E-state index contributed by atoms with van der Waals surface area (Å²) in [5.74, 6) is 1.33. The van der Waals surface area contributed by atoms with Gasteiger partial charge in [0.1, 0.15) is 11.8 Å². The zero-order valence-electron chi connectivity index (χ0n) is 31.0. The minimum Gasteiger partial charge on any atom is -0.508 e. The molecule has 0 bridgehead atoms. The van der Waals surface area contributed by atoms with E-state index in [-0.39, 0.29) is 29.3 Å². The van der Waals surface area contributed by atoms with Gasteiger partial charge in [0.25, 0.3) is 5.91 Å². The van der Waals surface area contributed by atoms with Crippen LogP contribution in [0.2, 0.25) is 0 Å². The summed E-state index contributed by atoms with van der Waals surface area (Å²) >= 11 is 0. The number of ether oxygens (including phenoxy) is 4. The number of hydrogen-bond acceptors (Lipinski definition) is 12. The molecule has 4 aromatic rings. The van der Waals surface area contributed by atoms with Gasteiger partial charge in [-0.2, -0.15) is 0 Å². The van der Waals surface area contributed by atoms with Gasteiger partial charge in [-0.1, -0.05) is 24.3 Å². The van der Waals surface area contributed by atoms with Crippen molar-refractivity contribution < 1.29 is 38.5 Å². The van der Waals surface area contributed by atoms with Crippen molar-refractivity contribution in [1.82, 2.24) is 9.96 Å². The number of fused-ring (bicyclic) bond motifs is 4. The Labute approximate surface area is 323 Å². The molecule has 286 valence electrons. The average molecular weight is 756 g/mol. The lowest BCUT2D eigenvalue weighted by atomic mass is 10.0. The van der Waals surface area contributed by atoms with Crippen LogP contribution in [-0.4, -0.2) is 78.9 Å². The van der Waals surface area contributed by atoms with E-state index in [4.69, 9.17) is 29.5 Å². The fourth-order valence-electron chi connectivity index (χ4n) is 7.11. The number of aliphatic imine (C=N–C) groups is 2. The smallest absolute Gasteiger partial charge is 0.365 e. The van der Waals surface area contributed by atoms with Crippen LogP contribution in [0.4, 0.5) is 17.1 Å². The number of nitrogens with zero attached hydrogens (tertiary/aromatic N) is 4. The first-order valence-electron chi connectivity index (χ1n) is 18.5. The maximum Gasteiger partial charge on any atom is 0.365 e. The van der Waals surface area contributed by atoms with Gasteiger partial charge in [0.05, 0.1) is 56.0 Å². The second-order valence-electron chi connectivity index (χ2n) is 13.8. The molecule has 3 N–H and O–H groups in total. The summed E-state index contributed by atoms with van der Waals surface area (Å²) < 4.78 is 23.4. The van der Waals surface area contributed by atoms with Crippen LogP contribution in [0.5, 0.6) is 28.7 Å². The highest BCUT2D eigenvalue weighted by Crippen LogP contribution is 2.41. The maximum atomic E-state index is 13.7. The molecule has 8 rings (SSSR count). The van der Waals surface area contributed by atoms with Crippen molar-refractivity contribution in [2.24, 2.45) is 9.98 Å². The van der Waals surface area contributed by atoms with Crippen LogP contribution in [0.1, 0.15) is 63.9 Å². The number of unbranched alkanes of at least 4 members (excludes halogenated alkanes) is 2. The van der Waals surface area contributed by atoms with Crippen molar-refractivity contribution in [2.75, 3.05) is 33.2 Å². The van der Waals surface area contributed by atoms with Gasteiger partial charge in [-0.05, 0) is 71.9 Å². The second-order valence-corrected chi connectivity index (χ2v) is 13.8. The third-order valence-corrected chi connectivity index (χ3v) is 10.2. The van der Waals surface area contributed by atoms with Gasteiger partial charge >= 0.3 is 5.97 Å². The molecule has 1 amide bonds. The van der Waals surface area contributed by atoms with E-state index in [9.17, 15) is 14.7 Å². The zero-order chi connectivity index (χ0) is 38.8. The Kier molecular flexibility index (Phi) is 10.1. The van der Waals surface area contributed by atoms with Gasteiger partial charge in [-0.3, -0.25) is 14.8 Å². The molecule has 0 radical (unpaired) electrons. The molecular formula is C43H41N5O8. The maximum absolute atomic E-state index is 13.7. The van der Waals surface area contributed by atoms with E-state index in [1.54, 1.807) is 60.8 Å². The zero-order valence-corrected chi connectivity index (χ0v) is 31.0. The van der Waals surface area contributed by atoms with E-state index in [2.05, 4.69) is 9.98 Å². The topological polar surface area (TPSA) is 158 Å². The van der Waals surface area contributed by atoms with Crippen LogP contribution in [0, 0.1) is 0 Å². The highest BCUT2D eigenvalue weighted by molar-refractivity contribution is 6.05. The van der Waals surface area contributed by atoms with Gasteiger partial charge in [-0.25, -0.2) is 9.86 Å². The van der Waals surface area contributed by atoms with E-state index >= 15 is 0 Å². The van der Waals surface area contributed by atoms with Crippen molar-refractivity contribution >= 4 is 52.5 Å². The van der Waals surface area contributed by atoms with E-state index < -0.39 is 5.97 Å². The quantitative estimate of drug-likeness (QED) is 0.110. The number of nitrogens with two attached hydrogens (primary N) is 1. The molecule has 4 aromatic carbocycles. The van der Waals surface area contributed by atoms with Crippen LogP contribution in [0.25, 0.3) is 11.1 Å². The average Bonchev–Trinajstić information content (AvgIpc) is 3.79. The van der Waals surface area contributed by atoms with Gasteiger partial charge in [-0.15, -0.1) is 0 Å². The number of hydroxylamine groups is 2. The Hall–Kier alpha value is -6.76. The molecular weight excluding hydrogens is 714 g/mol. The molecule has 4 aliphatic heterocycles. The Balaban J connectivity index is 0.850. The van der Waals surface area contributed by atoms with E-state index in [0.29, 0.717) is 71.7 Å². The highest BCUT2D eigenvalue weighted by atomic mass is 16.7. The van der Waals surface area contributed by atoms with Crippen LogP contribution in [-0.2, 0) is 4.84 Å². The second kappa shape index (κ2) is 15.5. The minimum absolute atomic E-state index is 0.170. The third-order valence-electron chi connectivity index (χ3n) is 10.2. The lowest BCUT2D eigenvalue weighted by Crippen LogP contribution is -2.32. The van der Waals surface area contributed by atoms with Crippen molar-refractivity contribution in [3.63, 3.8) is 0 Å². The number of amides is 1. The molecule has 4 aliphatic rings. The van der Waals surface area contributed by atoms with Crippen LogP contribution in [0.15, 0.2) is 95.2 Å². The minimum atomic E-state index is -0.538. The first-order chi connectivity index (χ1) is 27.3. The molecule has 0 aliphatic carbocycles. The number of aromatic hydroxyl groups is 1. The number of phenols is 1. The predicted octanol–water partition coefficient (Wildman–Crippen LogP) is 7.49. The molecule has 0 spiro atoms. The van der Waals surface area contributed by atoms with E-state index in [1.807, 2.05) is 48.8 Å².